The molecule has 0 aliphatic rings. The average Bonchev–Trinajstić information content (AvgIpc) is 1.93. The molecule has 1 heterocycles. The zero-order valence-electron chi connectivity index (χ0n) is 6.25. The summed E-state index contributed by atoms with van der Waals surface area (Å²) in [7, 11) is 0. The molecule has 0 unspecified atom stereocenters. The molecule has 0 aliphatic carbocycles. The maximum absolute atomic E-state index is 10.6. The van der Waals surface area contributed by atoms with E-state index in [1.54, 1.807) is 36.0 Å². The lowest BCUT2D eigenvalue weighted by atomic mass is 10.4. The Morgan fingerprint density at radius 3 is 2.55 bits per heavy atom. The normalized spacial score (nSPS) is 9.64. The number of aromatic nitrogens is 1. The summed E-state index contributed by atoms with van der Waals surface area (Å²) in [6, 6.07) is 3.51. The van der Waals surface area contributed by atoms with Gasteiger partial charge in [0.15, 0.2) is 18.2 Å². The minimum Gasteiger partial charge on any atom is -0.293 e. The lowest BCUT2D eigenvalue weighted by molar-refractivity contribution is -0.684. The van der Waals surface area contributed by atoms with Gasteiger partial charge in [0, 0.05) is 19.1 Å². The van der Waals surface area contributed by atoms with Crippen molar-refractivity contribution in [3.8, 4) is 0 Å². The number of rotatable bonds is 2. The molecule has 58 valence electrons. The van der Waals surface area contributed by atoms with Crippen LogP contribution in [0.4, 0.5) is 0 Å². The summed E-state index contributed by atoms with van der Waals surface area (Å²) in [5, 5.41) is 0.685. The summed E-state index contributed by atoms with van der Waals surface area (Å²) in [6.07, 6.45) is 3.56. The van der Waals surface area contributed by atoms with Crippen LogP contribution in [-0.2, 0) is 11.3 Å². The van der Waals surface area contributed by atoms with E-state index in [2.05, 4.69) is 0 Å². The van der Waals surface area contributed by atoms with Crippen LogP contribution in [0.2, 0.25) is 5.02 Å². The van der Waals surface area contributed by atoms with E-state index in [9.17, 15) is 4.79 Å². The van der Waals surface area contributed by atoms with Crippen LogP contribution < -0.4 is 4.57 Å². The second kappa shape index (κ2) is 3.49. The molecule has 0 N–H and O–H groups in total. The van der Waals surface area contributed by atoms with Crippen molar-refractivity contribution in [1.82, 2.24) is 0 Å². The lowest BCUT2D eigenvalue weighted by Crippen LogP contribution is -2.35. The monoisotopic (exact) mass is 170 g/mol. The van der Waals surface area contributed by atoms with Gasteiger partial charge in [0.05, 0.1) is 5.02 Å². The first-order valence-corrected chi connectivity index (χ1v) is 3.70. The van der Waals surface area contributed by atoms with Gasteiger partial charge in [0.25, 0.3) is 0 Å². The Balaban J connectivity index is 2.74. The van der Waals surface area contributed by atoms with Crippen LogP contribution in [-0.4, -0.2) is 5.78 Å². The Bertz CT molecular complexity index is 255. The Labute approximate surface area is 70.4 Å². The second-order valence-electron chi connectivity index (χ2n) is 2.39. The van der Waals surface area contributed by atoms with Gasteiger partial charge in [-0.25, -0.2) is 0 Å². The number of hydrogen-bond acceptors (Lipinski definition) is 1. The molecular formula is C8H9ClNO+. The van der Waals surface area contributed by atoms with Crippen molar-refractivity contribution in [1.29, 1.82) is 0 Å². The van der Waals surface area contributed by atoms with Crippen molar-refractivity contribution in [2.24, 2.45) is 0 Å². The number of Topliss-reactive ketones (excluding diaryl/α,β-unsaturated/α-hetero) is 1. The number of carbonyl (C=O) groups is 1. The second-order valence-corrected chi connectivity index (χ2v) is 2.83. The van der Waals surface area contributed by atoms with Crippen molar-refractivity contribution in [2.75, 3.05) is 0 Å². The zero-order valence-corrected chi connectivity index (χ0v) is 7.01. The van der Waals surface area contributed by atoms with Gasteiger partial charge >= 0.3 is 0 Å². The smallest absolute Gasteiger partial charge is 0.206 e. The number of carbonyl (C=O) groups excluding carboxylic acids is 1. The number of hydrogen-bond donors (Lipinski definition) is 0. The van der Waals surface area contributed by atoms with Crippen LogP contribution in [0.3, 0.4) is 0 Å². The maximum Gasteiger partial charge on any atom is 0.206 e. The Morgan fingerprint density at radius 2 is 2.09 bits per heavy atom. The molecule has 3 heteroatoms. The molecule has 0 aromatic carbocycles. The Hall–Kier alpha value is -0.890. The van der Waals surface area contributed by atoms with Gasteiger partial charge in [-0.3, -0.25) is 4.79 Å². The highest BCUT2D eigenvalue weighted by molar-refractivity contribution is 6.30. The highest BCUT2D eigenvalue weighted by Crippen LogP contribution is 2.01. The summed E-state index contributed by atoms with van der Waals surface area (Å²) >= 11 is 5.65. The summed E-state index contributed by atoms with van der Waals surface area (Å²) < 4.78 is 1.79. The van der Waals surface area contributed by atoms with Crippen LogP contribution in [0.25, 0.3) is 0 Å². The Kier molecular flexibility index (Phi) is 2.60. The molecule has 0 spiro atoms. The van der Waals surface area contributed by atoms with Crippen LogP contribution in [0, 0.1) is 0 Å². The predicted molar refractivity (Wildman–Crippen MR) is 42.3 cm³/mol. The fraction of sp³-hybridized carbons (Fsp3) is 0.250. The maximum atomic E-state index is 10.6. The quantitative estimate of drug-likeness (QED) is 0.612. The van der Waals surface area contributed by atoms with Crippen LogP contribution in [0.1, 0.15) is 6.92 Å². The molecule has 0 bridgehead atoms. The summed E-state index contributed by atoms with van der Waals surface area (Å²) in [6.45, 7) is 1.97. The van der Waals surface area contributed by atoms with Crippen LogP contribution in [0.5, 0.6) is 0 Å². The van der Waals surface area contributed by atoms with Gasteiger partial charge in [-0.05, 0) is 0 Å². The number of halogens is 1. The third-order valence-electron chi connectivity index (χ3n) is 1.26. The van der Waals surface area contributed by atoms with E-state index in [4.69, 9.17) is 11.6 Å². The highest BCUT2D eigenvalue weighted by atomic mass is 35.5. The molecule has 0 aliphatic heterocycles. The van der Waals surface area contributed by atoms with E-state index in [0.29, 0.717) is 11.6 Å². The summed E-state index contributed by atoms with van der Waals surface area (Å²) in [4.78, 5) is 10.6. The fourth-order valence-electron chi connectivity index (χ4n) is 0.802. The minimum absolute atomic E-state index is 0.136. The van der Waals surface area contributed by atoms with E-state index in [0.717, 1.165) is 0 Å². The minimum atomic E-state index is 0.136. The van der Waals surface area contributed by atoms with Gasteiger partial charge in [-0.1, -0.05) is 11.6 Å². The molecule has 0 atom stereocenters. The van der Waals surface area contributed by atoms with Gasteiger partial charge in [-0.15, -0.1) is 0 Å². The molecule has 1 rings (SSSR count). The number of pyridine rings is 1. The predicted octanol–water partition coefficient (Wildman–Crippen LogP) is 1.22. The first kappa shape index (κ1) is 8.21. The lowest BCUT2D eigenvalue weighted by Gasteiger charge is -1.91. The van der Waals surface area contributed by atoms with Crippen LogP contribution >= 0.6 is 11.6 Å². The first-order valence-electron chi connectivity index (χ1n) is 3.32. The Morgan fingerprint density at radius 1 is 1.55 bits per heavy atom. The molecule has 0 fully saturated rings. The molecule has 0 saturated carbocycles. The SMILES string of the molecule is CC(=O)C[n+]1ccc(Cl)cc1. The highest BCUT2D eigenvalue weighted by Gasteiger charge is 2.02. The average molecular weight is 171 g/mol. The molecule has 0 radical (unpaired) electrons. The van der Waals surface area contributed by atoms with E-state index < -0.39 is 0 Å². The van der Waals surface area contributed by atoms with Crippen LogP contribution in [0.15, 0.2) is 24.5 Å². The van der Waals surface area contributed by atoms with Gasteiger partial charge < -0.3 is 0 Å². The first-order chi connectivity index (χ1) is 5.18. The molecule has 1 aromatic heterocycles. The van der Waals surface area contributed by atoms with Gasteiger partial charge in [0.2, 0.25) is 6.54 Å². The zero-order chi connectivity index (χ0) is 8.27. The molecule has 11 heavy (non-hydrogen) atoms. The van der Waals surface area contributed by atoms with E-state index in [1.807, 2.05) is 0 Å². The standard InChI is InChI=1S/C8H9ClNO/c1-7(11)6-10-4-2-8(9)3-5-10/h2-5H,6H2,1H3/q+1. The largest absolute Gasteiger partial charge is 0.293 e. The van der Waals surface area contributed by atoms with Gasteiger partial charge in [0.1, 0.15) is 0 Å². The number of nitrogens with zero attached hydrogens (tertiary/aromatic N) is 1. The van der Waals surface area contributed by atoms with Gasteiger partial charge in [-0.2, -0.15) is 4.57 Å². The summed E-state index contributed by atoms with van der Waals surface area (Å²) in [5.41, 5.74) is 0. The van der Waals surface area contributed by atoms with Crippen molar-refractivity contribution in [3.05, 3.63) is 29.5 Å². The molecular weight excluding hydrogens is 162 g/mol. The van der Waals surface area contributed by atoms with Crippen molar-refractivity contribution in [3.63, 3.8) is 0 Å². The summed E-state index contributed by atoms with van der Waals surface area (Å²) in [5.74, 6) is 0.136. The fourth-order valence-corrected chi connectivity index (χ4v) is 0.914. The van der Waals surface area contributed by atoms with Crippen molar-refractivity contribution >= 4 is 17.4 Å². The molecule has 2 nitrogen and oxygen atoms in total. The number of ketones is 1. The molecule has 0 saturated heterocycles. The van der Waals surface area contributed by atoms with E-state index >= 15 is 0 Å². The molecule has 1 aromatic rings. The third-order valence-corrected chi connectivity index (χ3v) is 1.51. The van der Waals surface area contributed by atoms with Crippen molar-refractivity contribution in [2.45, 2.75) is 13.5 Å². The van der Waals surface area contributed by atoms with Crippen molar-refractivity contribution < 1.29 is 9.36 Å². The topological polar surface area (TPSA) is 20.9 Å². The van der Waals surface area contributed by atoms with E-state index in [-0.39, 0.29) is 5.78 Å². The molecule has 0 amide bonds. The third kappa shape index (κ3) is 2.68. The van der Waals surface area contributed by atoms with E-state index in [1.165, 1.54) is 0 Å².